The largest absolute Gasteiger partial charge is 0.478 e. The van der Waals surface area contributed by atoms with E-state index in [-0.39, 0.29) is 12.6 Å². The van der Waals surface area contributed by atoms with Crippen molar-refractivity contribution in [2.45, 2.75) is 19.5 Å². The fraction of sp³-hybridized carbons (Fsp3) is 0.250. The lowest BCUT2D eigenvalue weighted by molar-refractivity contribution is 0.361. The average molecular weight is 267 g/mol. The van der Waals surface area contributed by atoms with Crippen molar-refractivity contribution in [1.29, 1.82) is 5.26 Å². The molecule has 0 spiro atoms. The van der Waals surface area contributed by atoms with E-state index in [9.17, 15) is 0 Å². The molecule has 1 N–H and O–H groups in total. The van der Waals surface area contributed by atoms with Crippen molar-refractivity contribution >= 4 is 0 Å². The molecule has 1 heterocycles. The molecule has 0 saturated heterocycles. The lowest BCUT2D eigenvalue weighted by Gasteiger charge is -2.15. The topological polar surface area (TPSA) is 57.9 Å². The van der Waals surface area contributed by atoms with Crippen LogP contribution in [0.2, 0.25) is 0 Å². The second-order valence-electron chi connectivity index (χ2n) is 4.41. The highest BCUT2D eigenvalue weighted by Crippen LogP contribution is 2.19. The first-order chi connectivity index (χ1) is 9.81. The van der Waals surface area contributed by atoms with Crippen molar-refractivity contribution in [2.75, 3.05) is 6.61 Å². The van der Waals surface area contributed by atoms with E-state index in [0.717, 1.165) is 17.0 Å². The van der Waals surface area contributed by atoms with Crippen LogP contribution >= 0.6 is 0 Å². The van der Waals surface area contributed by atoms with Gasteiger partial charge in [-0.25, -0.2) is 0 Å². The minimum absolute atomic E-state index is 0.0623. The van der Waals surface area contributed by atoms with E-state index in [1.165, 1.54) is 0 Å². The highest BCUT2D eigenvalue weighted by molar-refractivity contribution is 5.33. The first-order valence-corrected chi connectivity index (χ1v) is 6.53. The maximum Gasteiger partial charge on any atom is 0.174 e. The van der Waals surface area contributed by atoms with Crippen LogP contribution in [0.1, 0.15) is 24.2 Å². The van der Waals surface area contributed by atoms with Gasteiger partial charge in [0.1, 0.15) is 11.8 Å². The quantitative estimate of drug-likeness (QED) is 0.874. The molecule has 0 fully saturated rings. The number of nitriles is 1. The second kappa shape index (κ2) is 7.27. The van der Waals surface area contributed by atoms with Crippen LogP contribution in [0.25, 0.3) is 0 Å². The first-order valence-electron chi connectivity index (χ1n) is 6.53. The molecule has 2 rings (SSSR count). The number of benzene rings is 1. The highest BCUT2D eigenvalue weighted by atomic mass is 16.5. The molecule has 1 atom stereocenters. The molecule has 20 heavy (non-hydrogen) atoms. The van der Waals surface area contributed by atoms with Crippen molar-refractivity contribution in [2.24, 2.45) is 0 Å². The first kappa shape index (κ1) is 14.0. The fourth-order valence-corrected chi connectivity index (χ4v) is 1.90. The normalized spacial score (nSPS) is 11.6. The lowest BCUT2D eigenvalue weighted by atomic mass is 10.1. The van der Waals surface area contributed by atoms with Crippen molar-refractivity contribution in [3.8, 4) is 11.8 Å². The minimum atomic E-state index is 0.0623. The van der Waals surface area contributed by atoms with Gasteiger partial charge in [-0.15, -0.1) is 0 Å². The molecule has 0 aliphatic carbocycles. The smallest absolute Gasteiger partial charge is 0.174 e. The summed E-state index contributed by atoms with van der Waals surface area (Å²) in [6.07, 6.45) is 1.79. The van der Waals surface area contributed by atoms with Gasteiger partial charge < -0.3 is 10.1 Å². The number of hydrogen-bond acceptors (Lipinski definition) is 4. The van der Waals surface area contributed by atoms with Gasteiger partial charge in [-0.05, 0) is 25.1 Å². The highest BCUT2D eigenvalue weighted by Gasteiger charge is 2.08. The average Bonchev–Trinajstić information content (AvgIpc) is 2.52. The SMILES string of the molecule is C[C@@H](NCc1ccccc1OCC#N)c1ccccn1. The molecule has 102 valence electrons. The van der Waals surface area contributed by atoms with Crippen LogP contribution in [0.4, 0.5) is 0 Å². The number of nitrogens with one attached hydrogen (secondary N) is 1. The zero-order valence-electron chi connectivity index (χ0n) is 11.4. The Balaban J connectivity index is 1.99. The Labute approximate surface area is 119 Å². The Morgan fingerprint density at radius 1 is 1.25 bits per heavy atom. The zero-order chi connectivity index (χ0) is 14.2. The second-order valence-corrected chi connectivity index (χ2v) is 4.41. The number of hydrogen-bond donors (Lipinski definition) is 1. The molecule has 2 aromatic rings. The molecule has 4 nitrogen and oxygen atoms in total. The zero-order valence-corrected chi connectivity index (χ0v) is 11.4. The summed E-state index contributed by atoms with van der Waals surface area (Å²) in [7, 11) is 0. The van der Waals surface area contributed by atoms with Crippen molar-refractivity contribution in [3.05, 3.63) is 59.9 Å². The van der Waals surface area contributed by atoms with Crippen LogP contribution in [0.15, 0.2) is 48.7 Å². The molecule has 0 aliphatic rings. The van der Waals surface area contributed by atoms with Crippen LogP contribution in [-0.2, 0) is 6.54 Å². The van der Waals surface area contributed by atoms with E-state index >= 15 is 0 Å². The van der Waals surface area contributed by atoms with Gasteiger partial charge in [0.15, 0.2) is 6.61 Å². The molecule has 1 aromatic carbocycles. The van der Waals surface area contributed by atoms with Crippen molar-refractivity contribution in [3.63, 3.8) is 0 Å². The van der Waals surface area contributed by atoms with Gasteiger partial charge in [-0.3, -0.25) is 4.98 Å². The van der Waals surface area contributed by atoms with Crippen molar-refractivity contribution < 1.29 is 4.74 Å². The number of nitrogens with zero attached hydrogens (tertiary/aromatic N) is 2. The number of ether oxygens (including phenoxy) is 1. The molecular formula is C16H17N3O. The Morgan fingerprint density at radius 3 is 2.80 bits per heavy atom. The van der Waals surface area contributed by atoms with Crippen LogP contribution < -0.4 is 10.1 Å². The third-order valence-corrected chi connectivity index (χ3v) is 2.99. The molecule has 0 radical (unpaired) electrons. The van der Waals surface area contributed by atoms with Gasteiger partial charge in [0.25, 0.3) is 0 Å². The van der Waals surface area contributed by atoms with Gasteiger partial charge >= 0.3 is 0 Å². The van der Waals surface area contributed by atoms with Crippen LogP contribution in [0.3, 0.4) is 0 Å². The Morgan fingerprint density at radius 2 is 2.05 bits per heavy atom. The predicted octanol–water partition coefficient (Wildman–Crippen LogP) is 2.83. The Bertz CT molecular complexity index is 578. The van der Waals surface area contributed by atoms with Gasteiger partial charge in [-0.2, -0.15) is 5.26 Å². The predicted molar refractivity (Wildman–Crippen MR) is 77.0 cm³/mol. The Hall–Kier alpha value is -2.38. The summed E-state index contributed by atoms with van der Waals surface area (Å²) in [5.41, 5.74) is 2.04. The van der Waals surface area contributed by atoms with Crippen molar-refractivity contribution in [1.82, 2.24) is 10.3 Å². The summed E-state index contributed by atoms with van der Waals surface area (Å²) in [5, 5.41) is 12.0. The molecule has 0 bridgehead atoms. The molecule has 0 aliphatic heterocycles. The number of para-hydroxylation sites is 1. The molecule has 0 saturated carbocycles. The molecule has 4 heteroatoms. The molecule has 0 unspecified atom stereocenters. The summed E-state index contributed by atoms with van der Waals surface area (Å²) in [4.78, 5) is 4.33. The maximum atomic E-state index is 8.59. The van der Waals surface area contributed by atoms with Gasteiger partial charge in [0.2, 0.25) is 0 Å². The summed E-state index contributed by atoms with van der Waals surface area (Å²) in [6.45, 7) is 2.80. The summed E-state index contributed by atoms with van der Waals surface area (Å²) in [5.74, 6) is 0.745. The summed E-state index contributed by atoms with van der Waals surface area (Å²) < 4.78 is 5.41. The van der Waals surface area contributed by atoms with E-state index in [1.54, 1.807) is 6.20 Å². The van der Waals surface area contributed by atoms with Crippen LogP contribution in [0, 0.1) is 11.3 Å². The van der Waals surface area contributed by atoms with Crippen LogP contribution in [0.5, 0.6) is 5.75 Å². The van der Waals surface area contributed by atoms with E-state index < -0.39 is 0 Å². The molecule has 0 amide bonds. The third-order valence-electron chi connectivity index (χ3n) is 2.99. The fourth-order valence-electron chi connectivity index (χ4n) is 1.90. The lowest BCUT2D eigenvalue weighted by Crippen LogP contribution is -2.19. The van der Waals surface area contributed by atoms with E-state index in [1.807, 2.05) is 48.5 Å². The maximum absolute atomic E-state index is 8.59. The van der Waals surface area contributed by atoms with E-state index in [0.29, 0.717) is 6.54 Å². The van der Waals surface area contributed by atoms with E-state index in [4.69, 9.17) is 10.00 Å². The molecular weight excluding hydrogens is 250 g/mol. The standard InChI is InChI=1S/C16H17N3O/c1-13(15-7-4-5-10-18-15)19-12-14-6-2-3-8-16(14)20-11-9-17/h2-8,10,13,19H,11-12H2,1H3/t13-/m1/s1. The van der Waals surface area contributed by atoms with Gasteiger partial charge in [0.05, 0.1) is 5.69 Å². The molecule has 1 aromatic heterocycles. The number of rotatable bonds is 6. The summed E-state index contributed by atoms with van der Waals surface area (Å²) >= 11 is 0. The monoisotopic (exact) mass is 267 g/mol. The van der Waals surface area contributed by atoms with Gasteiger partial charge in [0, 0.05) is 24.3 Å². The number of pyridine rings is 1. The third kappa shape index (κ3) is 3.81. The number of aromatic nitrogens is 1. The minimum Gasteiger partial charge on any atom is -0.478 e. The van der Waals surface area contributed by atoms with Crippen LogP contribution in [-0.4, -0.2) is 11.6 Å². The van der Waals surface area contributed by atoms with E-state index in [2.05, 4.69) is 17.2 Å². The van der Waals surface area contributed by atoms with Gasteiger partial charge in [-0.1, -0.05) is 24.3 Å². The Kier molecular flexibility index (Phi) is 5.10. The summed E-state index contributed by atoms with van der Waals surface area (Å²) in [6, 6.07) is 15.7.